The van der Waals surface area contributed by atoms with Crippen LogP contribution in [0.4, 0.5) is 0 Å². The van der Waals surface area contributed by atoms with Crippen molar-refractivity contribution in [3.8, 4) is 0 Å². The Kier molecular flexibility index (Phi) is 17.4. The molecule has 8 N–H and O–H groups in total. The van der Waals surface area contributed by atoms with E-state index in [4.69, 9.17) is 37.7 Å². The SMILES string of the molecule is CCCCCCCC1OC2C3CC(C2O1)C1C(=O)NCCNC(C(CCCN=C(C)N)NCl)CC(C(C)CCCN=C(C)N)=NCCNC(=O)C31. The van der Waals surface area contributed by atoms with Gasteiger partial charge in [0.15, 0.2) is 6.29 Å². The number of ether oxygens (including phenoxy) is 2. The molecule has 10 unspecified atom stereocenters. The Morgan fingerprint density at radius 3 is 2.12 bits per heavy atom. The highest BCUT2D eigenvalue weighted by Crippen LogP contribution is 2.57. The van der Waals surface area contributed by atoms with Crippen LogP contribution in [0.15, 0.2) is 15.0 Å². The summed E-state index contributed by atoms with van der Waals surface area (Å²) >= 11 is 6.38. The van der Waals surface area contributed by atoms with Crippen LogP contribution in [0.1, 0.15) is 105 Å². The third-order valence-corrected chi connectivity index (χ3v) is 11.4. The average Bonchev–Trinajstić information content (AvgIpc) is 3.79. The fourth-order valence-corrected chi connectivity index (χ4v) is 8.85. The van der Waals surface area contributed by atoms with Crippen molar-refractivity contribution in [3.63, 3.8) is 0 Å². The van der Waals surface area contributed by atoms with Gasteiger partial charge in [-0.25, -0.2) is 4.84 Å². The van der Waals surface area contributed by atoms with E-state index >= 15 is 0 Å². The molecule has 0 spiro atoms. The molecule has 14 heteroatoms. The minimum absolute atomic E-state index is 0.0409. The van der Waals surface area contributed by atoms with E-state index in [0.717, 1.165) is 50.7 Å². The monoisotopic (exact) mass is 735 g/mol. The number of halogens is 1. The summed E-state index contributed by atoms with van der Waals surface area (Å²) in [4.78, 5) is 44.6. The molecule has 0 aromatic rings. The Hall–Kier alpha value is -2.32. The molecule has 2 aliphatic carbocycles. The van der Waals surface area contributed by atoms with Crippen molar-refractivity contribution in [1.29, 1.82) is 0 Å². The number of rotatable bonds is 17. The molecule has 2 heterocycles. The first kappa shape index (κ1) is 41.4. The zero-order valence-corrected chi connectivity index (χ0v) is 32.3. The van der Waals surface area contributed by atoms with Crippen molar-refractivity contribution in [2.75, 3.05) is 39.3 Å². The molecule has 2 aliphatic heterocycles. The van der Waals surface area contributed by atoms with Gasteiger partial charge in [0.2, 0.25) is 11.8 Å². The number of nitrogens with one attached hydrogen (secondary N) is 4. The van der Waals surface area contributed by atoms with Crippen LogP contribution in [0.2, 0.25) is 0 Å². The Morgan fingerprint density at radius 2 is 1.51 bits per heavy atom. The Morgan fingerprint density at radius 1 is 0.902 bits per heavy atom. The zero-order valence-electron chi connectivity index (χ0n) is 31.5. The van der Waals surface area contributed by atoms with Gasteiger partial charge in [-0.1, -0.05) is 39.5 Å². The minimum atomic E-state index is -0.452. The largest absolute Gasteiger partial charge is 0.388 e. The number of nitrogens with two attached hydrogens (primary N) is 2. The molecule has 2 bridgehead atoms. The van der Waals surface area contributed by atoms with E-state index in [1.54, 1.807) is 13.8 Å². The molecule has 290 valence electrons. The second kappa shape index (κ2) is 21.4. The van der Waals surface area contributed by atoms with Crippen molar-refractivity contribution in [2.45, 2.75) is 135 Å². The predicted molar refractivity (Wildman–Crippen MR) is 205 cm³/mol. The van der Waals surface area contributed by atoms with Crippen LogP contribution in [0, 0.1) is 29.6 Å². The van der Waals surface area contributed by atoms with Gasteiger partial charge in [-0.05, 0) is 76.5 Å². The first-order chi connectivity index (χ1) is 24.6. The summed E-state index contributed by atoms with van der Waals surface area (Å²) in [6.45, 7) is 11.1. The van der Waals surface area contributed by atoms with Gasteiger partial charge in [0.1, 0.15) is 0 Å². The van der Waals surface area contributed by atoms with Crippen LogP contribution < -0.4 is 32.3 Å². The number of aliphatic imine (C=N–C) groups is 3. The van der Waals surface area contributed by atoms with Crippen LogP contribution in [-0.4, -0.2) is 99.0 Å². The van der Waals surface area contributed by atoms with Crippen molar-refractivity contribution in [3.05, 3.63) is 0 Å². The fourth-order valence-electron chi connectivity index (χ4n) is 8.59. The van der Waals surface area contributed by atoms with Crippen molar-refractivity contribution in [1.82, 2.24) is 20.8 Å². The van der Waals surface area contributed by atoms with Gasteiger partial charge in [-0.15, -0.1) is 0 Å². The quantitative estimate of drug-likeness (QED) is 0.0567. The summed E-state index contributed by atoms with van der Waals surface area (Å²) in [5.41, 5.74) is 12.6. The van der Waals surface area contributed by atoms with Crippen LogP contribution in [0.5, 0.6) is 0 Å². The molecule has 0 radical (unpaired) electrons. The van der Waals surface area contributed by atoms with E-state index in [0.29, 0.717) is 57.4 Å². The maximum Gasteiger partial charge on any atom is 0.224 e. The van der Waals surface area contributed by atoms with E-state index in [1.165, 1.54) is 25.7 Å². The summed E-state index contributed by atoms with van der Waals surface area (Å²) in [6, 6.07) is -0.120. The minimum Gasteiger partial charge on any atom is -0.388 e. The van der Waals surface area contributed by atoms with Gasteiger partial charge < -0.3 is 36.9 Å². The lowest BCUT2D eigenvalue weighted by atomic mass is 9.75. The molecule has 0 aromatic heterocycles. The van der Waals surface area contributed by atoms with Crippen molar-refractivity contribution < 1.29 is 19.1 Å². The Labute approximate surface area is 310 Å². The van der Waals surface area contributed by atoms with Gasteiger partial charge in [0, 0.05) is 68.8 Å². The van der Waals surface area contributed by atoms with Crippen LogP contribution in [0.25, 0.3) is 0 Å². The molecule has 2 saturated carbocycles. The van der Waals surface area contributed by atoms with Crippen LogP contribution >= 0.6 is 11.8 Å². The summed E-state index contributed by atoms with van der Waals surface area (Å²) < 4.78 is 12.9. The molecule has 1 saturated heterocycles. The van der Waals surface area contributed by atoms with Crippen molar-refractivity contribution >= 4 is 41.0 Å². The summed E-state index contributed by atoms with van der Waals surface area (Å²) in [7, 11) is 0. The number of hydrogen-bond acceptors (Lipinski definition) is 9. The number of carbonyl (C=O) groups excluding carboxylic acids is 2. The van der Waals surface area contributed by atoms with Crippen LogP contribution in [0.3, 0.4) is 0 Å². The van der Waals surface area contributed by atoms with E-state index < -0.39 is 11.8 Å². The van der Waals surface area contributed by atoms with Gasteiger partial charge >= 0.3 is 0 Å². The topological polar surface area (TPSA) is 190 Å². The predicted octanol–water partition coefficient (Wildman–Crippen LogP) is 3.44. The van der Waals surface area contributed by atoms with Crippen molar-refractivity contribution in [2.24, 2.45) is 56.0 Å². The molecule has 4 rings (SSSR count). The summed E-state index contributed by atoms with van der Waals surface area (Å²) in [6.07, 6.45) is 11.0. The standard InChI is InChI=1S/C37H66ClN9O4/c1-5-6-7-8-9-14-31-50-34-26-21-27(35(34)51-31)33-32(26)36(48)45-19-17-43-29(23(2)12-10-15-41-24(3)39)22-30(44-18-20-46-37(33)49)28(47-38)13-11-16-42-25(4)40/h23,26-28,30-35,44,47H,5-22H2,1-4H3,(H2,39,41)(H2,40,42)(H,45,48)(H,46,49). The summed E-state index contributed by atoms with van der Waals surface area (Å²) in [5, 5.41) is 10.0. The van der Waals surface area contributed by atoms with Gasteiger partial charge in [0.05, 0.1) is 42.3 Å². The van der Waals surface area contributed by atoms with E-state index in [-0.39, 0.29) is 60.1 Å². The lowest BCUT2D eigenvalue weighted by Gasteiger charge is -2.34. The molecule has 51 heavy (non-hydrogen) atoms. The maximum atomic E-state index is 13.9. The lowest BCUT2D eigenvalue weighted by molar-refractivity contribution is -0.140. The number of unbranched alkanes of at least 4 members (excludes halogenated alkanes) is 4. The highest BCUT2D eigenvalue weighted by Gasteiger charge is 2.66. The molecule has 3 fully saturated rings. The molecule has 10 atom stereocenters. The Balaban J connectivity index is 1.48. The number of amidine groups is 2. The van der Waals surface area contributed by atoms with E-state index in [1.807, 2.05) is 0 Å². The molecule has 13 nitrogen and oxygen atoms in total. The maximum absolute atomic E-state index is 13.9. The molecular weight excluding hydrogens is 670 g/mol. The third kappa shape index (κ3) is 12.1. The smallest absolute Gasteiger partial charge is 0.224 e. The van der Waals surface area contributed by atoms with E-state index in [2.05, 4.69) is 44.6 Å². The molecular formula is C37H66ClN9O4. The Bertz CT molecular complexity index is 1190. The molecule has 4 aliphatic rings. The number of nitrogens with zero attached hydrogens (tertiary/aromatic N) is 3. The number of amides is 2. The molecule has 2 amide bonds. The number of carbonyl (C=O) groups is 2. The average molecular weight is 736 g/mol. The highest BCUT2D eigenvalue weighted by atomic mass is 35.5. The number of hydrogen-bond donors (Lipinski definition) is 6. The highest BCUT2D eigenvalue weighted by molar-refractivity contribution is 6.13. The van der Waals surface area contributed by atoms with Crippen LogP contribution in [-0.2, 0) is 19.1 Å². The normalized spacial score (nSPS) is 31.9. The summed E-state index contributed by atoms with van der Waals surface area (Å²) in [5.74, 6) is 0.198. The molecule has 0 aromatic carbocycles. The van der Waals surface area contributed by atoms with Gasteiger partial charge in [0.25, 0.3) is 0 Å². The second-order valence-electron chi connectivity index (χ2n) is 15.1. The first-order valence-corrected chi connectivity index (χ1v) is 20.0. The van der Waals surface area contributed by atoms with Gasteiger partial charge in [-0.2, -0.15) is 0 Å². The fraction of sp³-hybridized carbons (Fsp3) is 0.865. The second-order valence-corrected chi connectivity index (χ2v) is 15.3. The number of fused-ring (bicyclic) bond motifs is 8. The zero-order chi connectivity index (χ0) is 36.8. The lowest BCUT2D eigenvalue weighted by Crippen LogP contribution is -2.53. The first-order valence-electron chi connectivity index (χ1n) is 19.7. The third-order valence-electron chi connectivity index (χ3n) is 11.2. The van der Waals surface area contributed by atoms with Gasteiger partial charge in [-0.3, -0.25) is 24.6 Å². The van der Waals surface area contributed by atoms with E-state index in [9.17, 15) is 9.59 Å².